The van der Waals surface area contributed by atoms with Gasteiger partial charge in [-0.1, -0.05) is 26.0 Å². The summed E-state index contributed by atoms with van der Waals surface area (Å²) in [6, 6.07) is 3.51. The molecule has 26 heavy (non-hydrogen) atoms. The molecular formula is C18H25N3O4S. The van der Waals surface area contributed by atoms with Crippen molar-refractivity contribution in [2.45, 2.75) is 20.0 Å². The van der Waals surface area contributed by atoms with Crippen LogP contribution in [0, 0.1) is 5.92 Å². The molecule has 1 atom stereocenters. The predicted octanol–water partition coefficient (Wildman–Crippen LogP) is 1.97. The average Bonchev–Trinajstić information content (AvgIpc) is 3.07. The van der Waals surface area contributed by atoms with E-state index in [4.69, 9.17) is 4.74 Å². The quantitative estimate of drug-likeness (QED) is 0.767. The van der Waals surface area contributed by atoms with Crippen LogP contribution in [-0.2, 0) is 9.53 Å². The Balaban J connectivity index is 2.15. The molecule has 0 radical (unpaired) electrons. The zero-order valence-electron chi connectivity index (χ0n) is 15.1. The maximum Gasteiger partial charge on any atom is 0.407 e. The molecule has 1 N–H and O–H groups in total. The van der Waals surface area contributed by atoms with Crippen LogP contribution >= 0.6 is 11.3 Å². The van der Waals surface area contributed by atoms with E-state index >= 15 is 0 Å². The first-order valence-corrected chi connectivity index (χ1v) is 9.44. The lowest BCUT2D eigenvalue weighted by molar-refractivity contribution is -0.131. The van der Waals surface area contributed by atoms with Gasteiger partial charge in [0.05, 0.1) is 18.0 Å². The van der Waals surface area contributed by atoms with Gasteiger partial charge < -0.3 is 19.9 Å². The number of nitrogens with zero attached hydrogens (tertiary/aromatic N) is 2. The van der Waals surface area contributed by atoms with Crippen molar-refractivity contribution in [3.63, 3.8) is 0 Å². The van der Waals surface area contributed by atoms with Crippen LogP contribution in [0.3, 0.4) is 0 Å². The highest BCUT2D eigenvalue weighted by Gasteiger charge is 2.33. The average molecular weight is 379 g/mol. The molecule has 1 unspecified atom stereocenters. The van der Waals surface area contributed by atoms with E-state index in [0.29, 0.717) is 11.4 Å². The number of amides is 3. The SMILES string of the molecule is C=CCNC(=O)OC1CN(CC(C)C)C(=O)CN(C(=O)c2cccs2)C1. The van der Waals surface area contributed by atoms with E-state index in [1.807, 2.05) is 19.2 Å². The lowest BCUT2D eigenvalue weighted by Crippen LogP contribution is -2.42. The second-order valence-electron chi connectivity index (χ2n) is 6.55. The van der Waals surface area contributed by atoms with E-state index in [9.17, 15) is 14.4 Å². The molecule has 3 amide bonds. The third kappa shape index (κ3) is 5.59. The van der Waals surface area contributed by atoms with E-state index in [0.717, 1.165) is 0 Å². The Morgan fingerprint density at radius 1 is 1.46 bits per heavy atom. The monoisotopic (exact) mass is 379 g/mol. The van der Waals surface area contributed by atoms with E-state index in [1.165, 1.54) is 16.2 Å². The first kappa shape index (κ1) is 20.0. The fourth-order valence-electron chi connectivity index (χ4n) is 2.73. The number of carbonyl (C=O) groups is 3. The van der Waals surface area contributed by atoms with E-state index in [1.54, 1.807) is 23.1 Å². The second-order valence-corrected chi connectivity index (χ2v) is 7.50. The lowest BCUT2D eigenvalue weighted by Gasteiger charge is -2.25. The van der Waals surface area contributed by atoms with Crippen LogP contribution in [0.1, 0.15) is 23.5 Å². The van der Waals surface area contributed by atoms with Crippen molar-refractivity contribution in [1.29, 1.82) is 0 Å². The first-order valence-electron chi connectivity index (χ1n) is 8.56. The van der Waals surface area contributed by atoms with Crippen LogP contribution in [-0.4, -0.2) is 66.5 Å². The van der Waals surface area contributed by atoms with Gasteiger partial charge in [-0.3, -0.25) is 9.59 Å². The molecule has 1 aliphatic rings. The first-order chi connectivity index (χ1) is 12.4. The van der Waals surface area contributed by atoms with Crippen molar-refractivity contribution in [2.24, 2.45) is 5.92 Å². The zero-order valence-corrected chi connectivity index (χ0v) is 16.0. The van der Waals surface area contributed by atoms with Gasteiger partial charge in [-0.05, 0) is 17.4 Å². The molecule has 0 saturated carbocycles. The summed E-state index contributed by atoms with van der Waals surface area (Å²) in [7, 11) is 0. The van der Waals surface area contributed by atoms with Gasteiger partial charge in [0.2, 0.25) is 5.91 Å². The summed E-state index contributed by atoms with van der Waals surface area (Å²) in [6.45, 7) is 8.84. The Labute approximate surface area is 157 Å². The highest BCUT2D eigenvalue weighted by atomic mass is 32.1. The van der Waals surface area contributed by atoms with Gasteiger partial charge in [0, 0.05) is 13.1 Å². The van der Waals surface area contributed by atoms with Gasteiger partial charge in [-0.15, -0.1) is 17.9 Å². The molecule has 1 aromatic rings. The molecule has 0 bridgehead atoms. The normalized spacial score (nSPS) is 17.8. The molecule has 142 valence electrons. The molecule has 0 aliphatic carbocycles. The molecule has 1 aromatic heterocycles. The lowest BCUT2D eigenvalue weighted by atomic mass is 10.2. The molecule has 1 saturated heterocycles. The van der Waals surface area contributed by atoms with Crippen LogP contribution < -0.4 is 5.32 Å². The number of hydrogen-bond donors (Lipinski definition) is 1. The molecule has 2 heterocycles. The van der Waals surface area contributed by atoms with Crippen LogP contribution in [0.25, 0.3) is 0 Å². The van der Waals surface area contributed by atoms with Gasteiger partial charge in [-0.25, -0.2) is 4.79 Å². The largest absolute Gasteiger partial charge is 0.442 e. The fourth-order valence-corrected chi connectivity index (χ4v) is 3.42. The zero-order chi connectivity index (χ0) is 19.1. The summed E-state index contributed by atoms with van der Waals surface area (Å²) in [4.78, 5) is 40.9. The van der Waals surface area contributed by atoms with Gasteiger partial charge in [0.15, 0.2) is 0 Å². The molecule has 1 fully saturated rings. The third-order valence-electron chi connectivity index (χ3n) is 3.80. The van der Waals surface area contributed by atoms with E-state index in [2.05, 4.69) is 11.9 Å². The Bertz CT molecular complexity index is 645. The summed E-state index contributed by atoms with van der Waals surface area (Å²) in [6.07, 6.45) is 0.376. The smallest absolute Gasteiger partial charge is 0.407 e. The van der Waals surface area contributed by atoms with E-state index < -0.39 is 12.2 Å². The third-order valence-corrected chi connectivity index (χ3v) is 4.65. The number of ether oxygens (including phenoxy) is 1. The molecule has 7 nitrogen and oxygen atoms in total. The second kappa shape index (κ2) is 9.38. The summed E-state index contributed by atoms with van der Waals surface area (Å²) in [5.41, 5.74) is 0. The Morgan fingerprint density at radius 3 is 2.85 bits per heavy atom. The van der Waals surface area contributed by atoms with Crippen LogP contribution in [0.2, 0.25) is 0 Å². The minimum absolute atomic E-state index is 0.0163. The fraction of sp³-hybridized carbons (Fsp3) is 0.500. The maximum atomic E-state index is 12.7. The van der Waals surface area contributed by atoms with Crippen LogP contribution in [0.5, 0.6) is 0 Å². The minimum atomic E-state index is -0.589. The summed E-state index contributed by atoms with van der Waals surface area (Å²) in [5.74, 6) is -0.0882. The Kier molecular flexibility index (Phi) is 7.20. The highest BCUT2D eigenvalue weighted by molar-refractivity contribution is 7.12. The number of rotatable bonds is 6. The molecule has 1 aliphatic heterocycles. The number of carbonyl (C=O) groups excluding carboxylic acids is 3. The minimum Gasteiger partial charge on any atom is -0.442 e. The van der Waals surface area contributed by atoms with Gasteiger partial charge in [-0.2, -0.15) is 0 Å². The molecule has 8 heteroatoms. The highest BCUT2D eigenvalue weighted by Crippen LogP contribution is 2.16. The van der Waals surface area contributed by atoms with Crippen molar-refractivity contribution in [2.75, 3.05) is 32.7 Å². The number of nitrogens with one attached hydrogen (secondary N) is 1. The van der Waals surface area contributed by atoms with Crippen molar-refractivity contribution in [3.8, 4) is 0 Å². The Morgan fingerprint density at radius 2 is 2.23 bits per heavy atom. The van der Waals surface area contributed by atoms with E-state index in [-0.39, 0.29) is 43.9 Å². The van der Waals surface area contributed by atoms with Gasteiger partial charge in [0.1, 0.15) is 12.6 Å². The van der Waals surface area contributed by atoms with Crippen molar-refractivity contribution < 1.29 is 19.1 Å². The molecule has 0 spiro atoms. The standard InChI is InChI=1S/C18H25N3O4S/c1-4-7-19-18(24)25-14-10-20(9-13(2)3)16(22)12-21(11-14)17(23)15-6-5-8-26-15/h4-6,8,13-14H,1,7,9-12H2,2-3H3,(H,19,24). The topological polar surface area (TPSA) is 79.0 Å². The number of alkyl carbamates (subject to hydrolysis) is 1. The summed E-state index contributed by atoms with van der Waals surface area (Å²) < 4.78 is 5.45. The van der Waals surface area contributed by atoms with Crippen molar-refractivity contribution >= 4 is 29.2 Å². The summed E-state index contributed by atoms with van der Waals surface area (Å²) >= 11 is 1.32. The van der Waals surface area contributed by atoms with Crippen molar-refractivity contribution in [3.05, 3.63) is 35.0 Å². The molecular weight excluding hydrogens is 354 g/mol. The predicted molar refractivity (Wildman–Crippen MR) is 100 cm³/mol. The van der Waals surface area contributed by atoms with Gasteiger partial charge in [0.25, 0.3) is 5.91 Å². The van der Waals surface area contributed by atoms with Crippen LogP contribution in [0.15, 0.2) is 30.2 Å². The number of hydrogen-bond acceptors (Lipinski definition) is 5. The number of thiophene rings is 1. The van der Waals surface area contributed by atoms with Gasteiger partial charge >= 0.3 is 6.09 Å². The molecule has 0 aromatic carbocycles. The molecule has 2 rings (SSSR count). The van der Waals surface area contributed by atoms with Crippen molar-refractivity contribution in [1.82, 2.24) is 15.1 Å². The Hall–Kier alpha value is -2.35. The summed E-state index contributed by atoms with van der Waals surface area (Å²) in [5, 5.41) is 4.37. The maximum absolute atomic E-state index is 12.7. The van der Waals surface area contributed by atoms with Crippen LogP contribution in [0.4, 0.5) is 4.79 Å².